The first kappa shape index (κ1) is 22.8. The third-order valence-electron chi connectivity index (χ3n) is 5.59. The first-order valence-corrected chi connectivity index (χ1v) is 10.2. The third kappa shape index (κ3) is 4.57. The van der Waals surface area contributed by atoms with E-state index in [4.69, 9.17) is 23.9 Å². The molecule has 176 valence electrons. The zero-order valence-corrected chi connectivity index (χ0v) is 18.5. The summed E-state index contributed by atoms with van der Waals surface area (Å²) in [4.78, 5) is 6.51. The van der Waals surface area contributed by atoms with E-state index in [1.807, 2.05) is 11.0 Å². The number of methoxy groups -OCH3 is 3. The van der Waals surface area contributed by atoms with Crippen molar-refractivity contribution in [2.45, 2.75) is 25.1 Å². The first-order chi connectivity index (χ1) is 15.9. The lowest BCUT2D eigenvalue weighted by Crippen LogP contribution is -2.25. The van der Waals surface area contributed by atoms with Crippen molar-refractivity contribution in [3.05, 3.63) is 53.1 Å². The molecule has 4 rings (SSSR count). The lowest BCUT2D eigenvalue weighted by atomic mass is 10.1. The lowest BCUT2D eigenvalue weighted by molar-refractivity contribution is 0.168. The normalized spacial score (nSPS) is 18.4. The van der Waals surface area contributed by atoms with Crippen LogP contribution in [0.15, 0.2) is 40.9 Å². The molecule has 11 heteroatoms. The van der Waals surface area contributed by atoms with E-state index in [1.165, 1.54) is 12.1 Å². The Morgan fingerprint density at radius 3 is 2.64 bits per heavy atom. The first-order valence-electron chi connectivity index (χ1n) is 10.2. The van der Waals surface area contributed by atoms with Crippen molar-refractivity contribution in [1.29, 1.82) is 0 Å². The van der Waals surface area contributed by atoms with Gasteiger partial charge >= 0.3 is 0 Å². The Morgan fingerprint density at radius 2 is 1.94 bits per heavy atom. The number of nitrogens with zero attached hydrogens (tertiary/aromatic N) is 4. The van der Waals surface area contributed by atoms with Crippen LogP contribution in [-0.2, 0) is 6.54 Å². The van der Waals surface area contributed by atoms with Crippen molar-refractivity contribution in [3.63, 3.8) is 0 Å². The highest BCUT2D eigenvalue weighted by molar-refractivity contribution is 5.62. The van der Waals surface area contributed by atoms with Gasteiger partial charge in [-0.05, 0) is 24.6 Å². The second-order valence-electron chi connectivity index (χ2n) is 7.61. The second kappa shape index (κ2) is 9.63. The molecule has 1 fully saturated rings. The van der Waals surface area contributed by atoms with Crippen molar-refractivity contribution >= 4 is 5.69 Å². The number of aliphatic hydroxyl groups excluding tert-OH is 1. The number of aromatic nitrogens is 2. The van der Waals surface area contributed by atoms with Crippen molar-refractivity contribution in [2.75, 3.05) is 33.1 Å². The molecular weight excluding hydrogens is 432 g/mol. The number of hydrogen-bond donors (Lipinski definition) is 2. The summed E-state index contributed by atoms with van der Waals surface area (Å²) in [5, 5.41) is 34.5. The van der Waals surface area contributed by atoms with Gasteiger partial charge in [-0.1, -0.05) is 23.4 Å². The lowest BCUT2D eigenvalue weighted by Gasteiger charge is -2.23. The van der Waals surface area contributed by atoms with Gasteiger partial charge in [-0.2, -0.15) is 4.98 Å². The van der Waals surface area contributed by atoms with Gasteiger partial charge in [0.05, 0.1) is 39.2 Å². The quantitative estimate of drug-likeness (QED) is 0.483. The molecular formula is C22H25N4O7-. The Hall–Kier alpha value is -3.38. The summed E-state index contributed by atoms with van der Waals surface area (Å²) < 4.78 is 21.9. The fourth-order valence-corrected chi connectivity index (χ4v) is 4.07. The molecule has 1 saturated heterocycles. The minimum absolute atomic E-state index is 0.0531. The number of hydrogen-bond acceptors (Lipinski definition) is 11. The maximum atomic E-state index is 11.2. The third-order valence-corrected chi connectivity index (χ3v) is 5.59. The van der Waals surface area contributed by atoms with Crippen LogP contribution in [0.5, 0.6) is 17.2 Å². The van der Waals surface area contributed by atoms with Crippen LogP contribution in [0.25, 0.3) is 11.4 Å². The van der Waals surface area contributed by atoms with Gasteiger partial charge in [-0.15, -0.1) is 0 Å². The average Bonchev–Trinajstić information content (AvgIpc) is 3.45. The van der Waals surface area contributed by atoms with E-state index in [1.54, 1.807) is 39.5 Å². The van der Waals surface area contributed by atoms with Crippen LogP contribution in [0.3, 0.4) is 0 Å². The summed E-state index contributed by atoms with van der Waals surface area (Å²) in [6.07, 6.45) is -0.148. The van der Waals surface area contributed by atoms with Gasteiger partial charge in [0, 0.05) is 24.2 Å². The van der Waals surface area contributed by atoms with Gasteiger partial charge in [0.2, 0.25) is 17.5 Å². The molecule has 1 aromatic heterocycles. The van der Waals surface area contributed by atoms with Crippen molar-refractivity contribution < 1.29 is 29.0 Å². The molecule has 1 aliphatic heterocycles. The Morgan fingerprint density at radius 1 is 1.15 bits per heavy atom. The Bertz CT molecular complexity index is 1100. The average molecular weight is 457 g/mol. The zero-order valence-electron chi connectivity index (χ0n) is 18.5. The van der Waals surface area contributed by atoms with Gasteiger partial charge in [0.15, 0.2) is 11.5 Å². The summed E-state index contributed by atoms with van der Waals surface area (Å²) in [5.74, 6) is 2.21. The van der Waals surface area contributed by atoms with Gasteiger partial charge in [-0.25, -0.2) is 0 Å². The fourth-order valence-electron chi connectivity index (χ4n) is 4.07. The van der Waals surface area contributed by atoms with Crippen LogP contribution in [0.2, 0.25) is 0 Å². The van der Waals surface area contributed by atoms with E-state index in [0.717, 1.165) is 5.56 Å². The minimum Gasteiger partial charge on any atom is -0.733 e. The molecule has 33 heavy (non-hydrogen) atoms. The Balaban J connectivity index is 1.61. The van der Waals surface area contributed by atoms with E-state index in [9.17, 15) is 10.3 Å². The molecule has 2 aromatic carbocycles. The standard InChI is InChI=1S/C22H25N4O7/c1-30-18-8-7-14(19(31-2)20(18)32-3)11-25-12-16(27)10-17(25)22-23-21(24-33-22)13-5-4-6-15(9-13)26(28)29/h4-9,16-17,27-28H,10-12H2,1-3H3/q-1. The predicted octanol–water partition coefficient (Wildman–Crippen LogP) is 2.76. The van der Waals surface area contributed by atoms with Crippen LogP contribution in [0.1, 0.15) is 23.9 Å². The molecule has 0 radical (unpaired) electrons. The molecule has 0 saturated carbocycles. The summed E-state index contributed by atoms with van der Waals surface area (Å²) >= 11 is 0. The monoisotopic (exact) mass is 457 g/mol. The number of benzene rings is 2. The molecule has 0 amide bonds. The topological polar surface area (TPSA) is 137 Å². The molecule has 2 N–H and O–H groups in total. The number of rotatable bonds is 8. The summed E-state index contributed by atoms with van der Waals surface area (Å²) in [6, 6.07) is 9.59. The van der Waals surface area contributed by atoms with Crippen molar-refractivity contribution in [3.8, 4) is 28.6 Å². The van der Waals surface area contributed by atoms with E-state index in [2.05, 4.69) is 10.1 Å². The van der Waals surface area contributed by atoms with Gasteiger partial charge < -0.3 is 34.3 Å². The molecule has 0 aliphatic carbocycles. The van der Waals surface area contributed by atoms with Gasteiger partial charge in [-0.3, -0.25) is 10.1 Å². The number of ether oxygens (including phenoxy) is 3. The number of β-amino-alcohol motifs (C(OH)–C–C–N with tert-alkyl or cyclic N) is 1. The smallest absolute Gasteiger partial charge is 0.244 e. The SMILES string of the molecule is COc1ccc(CN2CC(O)CC2c2nc(-c3cccc(N([O-])O)c3)no2)c(OC)c1OC. The van der Waals surface area contributed by atoms with Crippen LogP contribution in [-0.4, -0.2) is 59.3 Å². The summed E-state index contributed by atoms with van der Waals surface area (Å²) in [5.41, 5.74) is 1.42. The Kier molecular flexibility index (Phi) is 6.65. The molecule has 11 nitrogen and oxygen atoms in total. The van der Waals surface area contributed by atoms with Crippen LogP contribution < -0.4 is 19.4 Å². The molecule has 3 aromatic rings. The number of aliphatic hydroxyl groups is 1. The van der Waals surface area contributed by atoms with E-state index in [0.29, 0.717) is 48.2 Å². The van der Waals surface area contributed by atoms with E-state index in [-0.39, 0.29) is 22.8 Å². The van der Waals surface area contributed by atoms with Crippen molar-refractivity contribution in [2.24, 2.45) is 0 Å². The number of likely N-dealkylation sites (tertiary alicyclic amines) is 1. The van der Waals surface area contributed by atoms with E-state index < -0.39 is 6.10 Å². The van der Waals surface area contributed by atoms with Crippen molar-refractivity contribution in [1.82, 2.24) is 15.0 Å². The molecule has 2 unspecified atom stereocenters. The van der Waals surface area contributed by atoms with Crippen LogP contribution in [0, 0.1) is 5.21 Å². The molecule has 0 spiro atoms. The molecule has 2 heterocycles. The summed E-state index contributed by atoms with van der Waals surface area (Å²) in [6.45, 7) is 0.846. The zero-order chi connectivity index (χ0) is 23.5. The predicted molar refractivity (Wildman–Crippen MR) is 117 cm³/mol. The highest BCUT2D eigenvalue weighted by Gasteiger charge is 2.36. The number of anilines is 1. The second-order valence-corrected chi connectivity index (χ2v) is 7.61. The molecule has 0 bridgehead atoms. The highest BCUT2D eigenvalue weighted by atomic mass is 16.8. The maximum absolute atomic E-state index is 11.2. The maximum Gasteiger partial charge on any atom is 0.244 e. The van der Waals surface area contributed by atoms with Gasteiger partial charge in [0.25, 0.3) is 0 Å². The van der Waals surface area contributed by atoms with Crippen LogP contribution in [0.4, 0.5) is 5.69 Å². The highest BCUT2D eigenvalue weighted by Crippen LogP contribution is 2.42. The summed E-state index contributed by atoms with van der Waals surface area (Å²) in [7, 11) is 4.66. The van der Waals surface area contributed by atoms with E-state index >= 15 is 0 Å². The van der Waals surface area contributed by atoms with Gasteiger partial charge in [0.1, 0.15) is 0 Å². The Labute approximate surface area is 190 Å². The molecule has 1 aliphatic rings. The van der Waals surface area contributed by atoms with Crippen LogP contribution >= 0.6 is 0 Å². The largest absolute Gasteiger partial charge is 0.733 e. The minimum atomic E-state index is -0.566. The fraction of sp³-hybridized carbons (Fsp3) is 0.364. The molecule has 2 atom stereocenters.